The van der Waals surface area contributed by atoms with Crippen molar-refractivity contribution in [2.24, 2.45) is 5.92 Å². The molecule has 2 rings (SSSR count). The van der Waals surface area contributed by atoms with Crippen LogP contribution in [0.1, 0.15) is 24.8 Å². The molecule has 1 aromatic carbocycles. The van der Waals surface area contributed by atoms with Crippen LogP contribution in [0, 0.1) is 5.92 Å². The topological polar surface area (TPSA) is 36.0 Å². The number of amides is 1. The summed E-state index contributed by atoms with van der Waals surface area (Å²) >= 11 is 0. The number of methoxy groups -OCH3 is 1. The summed E-state index contributed by atoms with van der Waals surface area (Å²) in [5.41, 5.74) is 1.23. The van der Waals surface area contributed by atoms with Crippen LogP contribution in [-0.4, -0.2) is 74.5 Å². The number of hydrogen-bond acceptors (Lipinski definition) is 4. The Morgan fingerprint density at radius 2 is 2.11 bits per heavy atom. The molecule has 0 radical (unpaired) electrons. The molecule has 1 aliphatic heterocycles. The smallest absolute Gasteiger partial charge is 0.226 e. The molecule has 0 N–H and O–H groups in total. The molecule has 0 spiro atoms. The van der Waals surface area contributed by atoms with Crippen LogP contribution >= 0.6 is 0 Å². The number of nitrogens with zero attached hydrogens (tertiary/aromatic N) is 3. The van der Waals surface area contributed by atoms with Crippen LogP contribution in [0.3, 0.4) is 0 Å². The van der Waals surface area contributed by atoms with E-state index in [0.29, 0.717) is 12.3 Å². The number of hydrogen-bond donors (Lipinski definition) is 0. The fourth-order valence-corrected chi connectivity index (χ4v) is 3.72. The molecular weight excluding hydrogens is 338 g/mol. The van der Waals surface area contributed by atoms with Crippen LogP contribution in [0.4, 0.5) is 0 Å². The largest absolute Gasteiger partial charge is 0.496 e. The first-order chi connectivity index (χ1) is 13.0. The van der Waals surface area contributed by atoms with E-state index in [-0.39, 0.29) is 5.91 Å². The molecule has 0 aliphatic carbocycles. The van der Waals surface area contributed by atoms with Crippen molar-refractivity contribution in [2.45, 2.75) is 25.8 Å². The molecule has 1 amide bonds. The summed E-state index contributed by atoms with van der Waals surface area (Å²) < 4.78 is 5.50. The Morgan fingerprint density at radius 1 is 1.33 bits per heavy atom. The predicted molar refractivity (Wildman–Crippen MR) is 111 cm³/mol. The van der Waals surface area contributed by atoms with Crippen molar-refractivity contribution in [1.29, 1.82) is 0 Å². The summed E-state index contributed by atoms with van der Waals surface area (Å²) in [5, 5.41) is 0. The summed E-state index contributed by atoms with van der Waals surface area (Å²) in [5.74, 6) is 1.66. The average molecular weight is 374 g/mol. The van der Waals surface area contributed by atoms with Gasteiger partial charge in [-0.25, -0.2) is 0 Å². The number of rotatable bonds is 10. The quantitative estimate of drug-likeness (QED) is 0.591. The van der Waals surface area contributed by atoms with Crippen LogP contribution in [0.5, 0.6) is 5.75 Å². The number of carbonyl (C=O) groups excluding carboxylic acids is 1. The second-order valence-electron chi connectivity index (χ2n) is 7.69. The van der Waals surface area contributed by atoms with Gasteiger partial charge in [-0.15, -0.1) is 6.58 Å². The van der Waals surface area contributed by atoms with Crippen molar-refractivity contribution in [3.8, 4) is 5.75 Å². The Morgan fingerprint density at radius 3 is 2.81 bits per heavy atom. The third kappa shape index (κ3) is 7.00. The van der Waals surface area contributed by atoms with Gasteiger partial charge in [-0.3, -0.25) is 9.69 Å². The summed E-state index contributed by atoms with van der Waals surface area (Å²) in [6, 6.07) is 8.23. The molecule has 1 unspecified atom stereocenters. The van der Waals surface area contributed by atoms with Crippen molar-refractivity contribution in [1.82, 2.24) is 14.7 Å². The van der Waals surface area contributed by atoms with Crippen molar-refractivity contribution >= 4 is 5.91 Å². The molecule has 5 heteroatoms. The lowest BCUT2D eigenvalue weighted by Crippen LogP contribution is -2.44. The fourth-order valence-electron chi connectivity index (χ4n) is 3.72. The van der Waals surface area contributed by atoms with Gasteiger partial charge < -0.3 is 14.5 Å². The van der Waals surface area contributed by atoms with Gasteiger partial charge in [0.15, 0.2) is 0 Å². The summed E-state index contributed by atoms with van der Waals surface area (Å²) in [7, 11) is 5.82. The van der Waals surface area contributed by atoms with E-state index in [2.05, 4.69) is 28.5 Å². The number of likely N-dealkylation sites (tertiary alicyclic amines) is 1. The normalized spacial score (nSPS) is 17.7. The summed E-state index contributed by atoms with van der Waals surface area (Å²) in [6.07, 6.45) is 4.49. The highest BCUT2D eigenvalue weighted by molar-refractivity contribution is 5.77. The molecule has 150 valence electrons. The summed E-state index contributed by atoms with van der Waals surface area (Å²) in [4.78, 5) is 19.1. The highest BCUT2D eigenvalue weighted by Crippen LogP contribution is 2.24. The van der Waals surface area contributed by atoms with Crippen LogP contribution < -0.4 is 4.74 Å². The monoisotopic (exact) mass is 373 g/mol. The molecule has 1 aromatic rings. The lowest BCUT2D eigenvalue weighted by Gasteiger charge is -2.36. The Kier molecular flexibility index (Phi) is 8.82. The van der Waals surface area contributed by atoms with Gasteiger partial charge in [0.2, 0.25) is 5.91 Å². The zero-order valence-corrected chi connectivity index (χ0v) is 17.2. The summed E-state index contributed by atoms with van der Waals surface area (Å²) in [6.45, 7) is 9.26. The van der Waals surface area contributed by atoms with E-state index in [4.69, 9.17) is 4.74 Å². The van der Waals surface area contributed by atoms with Crippen LogP contribution in [0.15, 0.2) is 36.9 Å². The van der Waals surface area contributed by atoms with E-state index >= 15 is 0 Å². The lowest BCUT2D eigenvalue weighted by molar-refractivity contribution is -0.131. The van der Waals surface area contributed by atoms with Crippen LogP contribution in [0.25, 0.3) is 0 Å². The van der Waals surface area contributed by atoms with Gasteiger partial charge in [-0.2, -0.15) is 0 Å². The van der Waals surface area contributed by atoms with Gasteiger partial charge in [-0.1, -0.05) is 24.3 Å². The molecule has 1 fully saturated rings. The van der Waals surface area contributed by atoms with E-state index in [1.807, 2.05) is 31.1 Å². The van der Waals surface area contributed by atoms with Crippen molar-refractivity contribution < 1.29 is 9.53 Å². The van der Waals surface area contributed by atoms with Gasteiger partial charge in [0, 0.05) is 44.7 Å². The molecule has 0 aromatic heterocycles. The lowest BCUT2D eigenvalue weighted by atomic mass is 9.96. The van der Waals surface area contributed by atoms with E-state index in [1.165, 1.54) is 18.4 Å². The number of piperidine rings is 1. The van der Waals surface area contributed by atoms with Gasteiger partial charge in [0.25, 0.3) is 0 Å². The Hall–Kier alpha value is -1.85. The second kappa shape index (κ2) is 11.1. The van der Waals surface area contributed by atoms with Crippen molar-refractivity contribution in [3.63, 3.8) is 0 Å². The SMILES string of the molecule is C=CCC(=O)N(CCN(C)C)CC1CCCN(Cc2ccccc2OC)C1. The van der Waals surface area contributed by atoms with E-state index in [0.717, 1.165) is 45.0 Å². The molecule has 1 atom stereocenters. The van der Waals surface area contributed by atoms with E-state index in [9.17, 15) is 4.79 Å². The maximum atomic E-state index is 12.5. The Labute approximate surface area is 164 Å². The zero-order valence-electron chi connectivity index (χ0n) is 17.2. The van der Waals surface area contributed by atoms with E-state index < -0.39 is 0 Å². The number of ether oxygens (including phenoxy) is 1. The van der Waals surface area contributed by atoms with Crippen molar-refractivity contribution in [2.75, 3.05) is 53.9 Å². The minimum Gasteiger partial charge on any atom is -0.496 e. The first-order valence-corrected chi connectivity index (χ1v) is 9.91. The molecule has 0 bridgehead atoms. The van der Waals surface area contributed by atoms with Gasteiger partial charge in [-0.05, 0) is 45.5 Å². The maximum Gasteiger partial charge on any atom is 0.226 e. The van der Waals surface area contributed by atoms with Gasteiger partial charge in [0.1, 0.15) is 5.75 Å². The minimum atomic E-state index is 0.189. The second-order valence-corrected chi connectivity index (χ2v) is 7.69. The number of likely N-dealkylation sites (N-methyl/N-ethyl adjacent to an activating group) is 1. The number of para-hydroxylation sites is 1. The van der Waals surface area contributed by atoms with Gasteiger partial charge in [0.05, 0.1) is 7.11 Å². The first-order valence-electron chi connectivity index (χ1n) is 9.91. The first kappa shape index (κ1) is 21.5. The highest BCUT2D eigenvalue weighted by Gasteiger charge is 2.24. The molecule has 27 heavy (non-hydrogen) atoms. The molecular formula is C22H35N3O2. The number of benzene rings is 1. The Balaban J connectivity index is 1.96. The third-order valence-electron chi connectivity index (χ3n) is 5.16. The Bertz CT molecular complexity index is 603. The molecule has 0 saturated carbocycles. The maximum absolute atomic E-state index is 12.5. The molecule has 1 saturated heterocycles. The third-order valence-corrected chi connectivity index (χ3v) is 5.16. The van der Waals surface area contributed by atoms with Gasteiger partial charge >= 0.3 is 0 Å². The average Bonchev–Trinajstić information content (AvgIpc) is 2.66. The number of carbonyl (C=O) groups is 1. The minimum absolute atomic E-state index is 0.189. The molecule has 1 aliphatic rings. The van der Waals surface area contributed by atoms with Crippen LogP contribution in [0.2, 0.25) is 0 Å². The molecule has 1 heterocycles. The van der Waals surface area contributed by atoms with Crippen LogP contribution in [-0.2, 0) is 11.3 Å². The molecule has 5 nitrogen and oxygen atoms in total. The van der Waals surface area contributed by atoms with E-state index in [1.54, 1.807) is 13.2 Å². The fraction of sp³-hybridized carbons (Fsp3) is 0.591. The van der Waals surface area contributed by atoms with Crippen molar-refractivity contribution in [3.05, 3.63) is 42.5 Å². The standard InChI is InChI=1S/C22H35N3O2/c1-5-9-22(26)25(15-14-23(2)3)17-19-10-8-13-24(16-19)18-20-11-6-7-12-21(20)27-4/h5-7,11-12,19H,1,8-10,13-18H2,2-4H3. The highest BCUT2D eigenvalue weighted by atomic mass is 16.5. The predicted octanol–water partition coefficient (Wildman–Crippen LogP) is 2.87. The zero-order chi connectivity index (χ0) is 19.6.